The van der Waals surface area contributed by atoms with Crippen molar-refractivity contribution in [3.63, 3.8) is 0 Å². The average Bonchev–Trinajstić information content (AvgIpc) is 3.10. The van der Waals surface area contributed by atoms with Crippen molar-refractivity contribution >= 4 is 28.1 Å². The van der Waals surface area contributed by atoms with Crippen molar-refractivity contribution in [1.82, 2.24) is 9.55 Å². The smallest absolute Gasteiger partial charge is 0.117 e. The van der Waals surface area contributed by atoms with Crippen LogP contribution in [0.1, 0.15) is 0 Å². The molecule has 26 heavy (non-hydrogen) atoms. The monoisotopic (exact) mass is 363 g/mol. The molecule has 2 N–H and O–H groups in total. The Balaban J connectivity index is 1.52. The number of aromatic hydroxyl groups is 1. The fourth-order valence-electron chi connectivity index (χ4n) is 3.13. The first kappa shape index (κ1) is 16.5. The molecular weight excluding hydrogens is 346 g/mol. The highest BCUT2D eigenvalue weighted by molar-refractivity contribution is 6.33. The van der Waals surface area contributed by atoms with E-state index in [0.717, 1.165) is 30.0 Å². The molecule has 0 spiro atoms. The Morgan fingerprint density at radius 1 is 1.04 bits per heavy atom. The van der Waals surface area contributed by atoms with E-state index in [-0.39, 0.29) is 5.75 Å². The summed E-state index contributed by atoms with van der Waals surface area (Å²) in [6.07, 6.45) is 3.58. The van der Waals surface area contributed by atoms with Crippen molar-refractivity contribution in [3.05, 3.63) is 78.2 Å². The third-order valence-electron chi connectivity index (χ3n) is 4.40. The van der Waals surface area contributed by atoms with Crippen LogP contribution in [0, 0.1) is 0 Å². The zero-order chi connectivity index (χ0) is 17.9. The van der Waals surface area contributed by atoms with E-state index < -0.39 is 0 Å². The molecule has 0 aliphatic rings. The first-order chi connectivity index (χ1) is 12.7. The van der Waals surface area contributed by atoms with Crippen molar-refractivity contribution < 1.29 is 5.11 Å². The second kappa shape index (κ2) is 7.10. The molecule has 0 fully saturated rings. The molecule has 0 unspecified atom stereocenters. The number of nitrogens with one attached hydrogen (secondary N) is 1. The van der Waals surface area contributed by atoms with E-state index in [1.54, 1.807) is 24.7 Å². The summed E-state index contributed by atoms with van der Waals surface area (Å²) in [7, 11) is 0. The van der Waals surface area contributed by atoms with Gasteiger partial charge in [-0.15, -0.1) is 0 Å². The second-order valence-electron chi connectivity index (χ2n) is 6.09. The minimum absolute atomic E-state index is 0.155. The number of hydrogen-bond acceptors (Lipinski definition) is 3. The Labute approximate surface area is 156 Å². The van der Waals surface area contributed by atoms with Crippen molar-refractivity contribution in [3.8, 4) is 17.0 Å². The van der Waals surface area contributed by atoms with Crippen molar-refractivity contribution in [1.29, 1.82) is 0 Å². The van der Waals surface area contributed by atoms with E-state index in [0.29, 0.717) is 5.02 Å². The largest absolute Gasteiger partial charge is 0.508 e. The van der Waals surface area contributed by atoms with E-state index >= 15 is 0 Å². The quantitative estimate of drug-likeness (QED) is 0.514. The Morgan fingerprint density at radius 2 is 1.88 bits per heavy atom. The molecule has 0 saturated carbocycles. The fourth-order valence-corrected chi connectivity index (χ4v) is 3.40. The van der Waals surface area contributed by atoms with Crippen LogP contribution in [0.15, 0.2) is 73.2 Å². The number of rotatable bonds is 5. The zero-order valence-electron chi connectivity index (χ0n) is 14.1. The molecule has 4 rings (SSSR count). The molecule has 5 heteroatoms. The van der Waals surface area contributed by atoms with Gasteiger partial charge in [-0.3, -0.25) is 0 Å². The van der Waals surface area contributed by atoms with Crippen LogP contribution in [0.4, 0.5) is 5.69 Å². The number of halogens is 1. The van der Waals surface area contributed by atoms with Crippen LogP contribution in [0.25, 0.3) is 22.0 Å². The van der Waals surface area contributed by atoms with Crippen LogP contribution in [0.3, 0.4) is 0 Å². The third-order valence-corrected chi connectivity index (χ3v) is 4.71. The summed E-state index contributed by atoms with van der Waals surface area (Å²) in [5.74, 6) is 0.155. The number of hydrogen-bond donors (Lipinski definition) is 2. The van der Waals surface area contributed by atoms with Crippen LogP contribution < -0.4 is 5.32 Å². The Bertz CT molecular complexity index is 1050. The number of phenols is 1. The molecule has 4 aromatic rings. The number of phenolic OH excluding ortho intramolecular Hbond substituents is 1. The van der Waals surface area contributed by atoms with Gasteiger partial charge in [0.25, 0.3) is 0 Å². The number of aromatic nitrogens is 2. The van der Waals surface area contributed by atoms with E-state index in [1.165, 1.54) is 10.8 Å². The average molecular weight is 364 g/mol. The molecule has 0 aliphatic heterocycles. The van der Waals surface area contributed by atoms with Gasteiger partial charge in [-0.1, -0.05) is 48.0 Å². The molecule has 4 nitrogen and oxygen atoms in total. The van der Waals surface area contributed by atoms with E-state index in [9.17, 15) is 5.11 Å². The Hall–Kier alpha value is -2.98. The van der Waals surface area contributed by atoms with Gasteiger partial charge >= 0.3 is 0 Å². The number of benzene rings is 3. The standard InChI is InChI=1S/C21H18ClN3O/c22-19-12-16(26)8-9-18(19)21-13-23-14-25(21)11-10-24-20-7-3-5-15-4-1-2-6-17(15)20/h1-9,12-14,24,26H,10-11H2. The molecule has 0 atom stereocenters. The van der Waals surface area contributed by atoms with Gasteiger partial charge in [0.15, 0.2) is 0 Å². The summed E-state index contributed by atoms with van der Waals surface area (Å²) < 4.78 is 2.05. The maximum absolute atomic E-state index is 9.54. The first-order valence-electron chi connectivity index (χ1n) is 8.43. The lowest BCUT2D eigenvalue weighted by atomic mass is 10.1. The van der Waals surface area contributed by atoms with Crippen molar-refractivity contribution in [2.75, 3.05) is 11.9 Å². The SMILES string of the molecule is Oc1ccc(-c2cncn2CCNc2cccc3ccccc23)c(Cl)c1. The molecule has 0 aliphatic carbocycles. The highest BCUT2D eigenvalue weighted by Crippen LogP contribution is 2.30. The Kier molecular flexibility index (Phi) is 4.50. The number of imidazole rings is 1. The van der Waals surface area contributed by atoms with Gasteiger partial charge in [-0.05, 0) is 29.7 Å². The topological polar surface area (TPSA) is 50.1 Å². The molecule has 0 radical (unpaired) electrons. The number of nitrogens with zero attached hydrogens (tertiary/aromatic N) is 2. The van der Waals surface area contributed by atoms with Gasteiger partial charge in [0, 0.05) is 29.7 Å². The molecule has 3 aromatic carbocycles. The van der Waals surface area contributed by atoms with Crippen molar-refractivity contribution in [2.45, 2.75) is 6.54 Å². The van der Waals surface area contributed by atoms with Gasteiger partial charge in [0.2, 0.25) is 0 Å². The second-order valence-corrected chi connectivity index (χ2v) is 6.50. The van der Waals surface area contributed by atoms with Crippen LogP contribution in [-0.4, -0.2) is 21.2 Å². The minimum Gasteiger partial charge on any atom is -0.508 e. The summed E-state index contributed by atoms with van der Waals surface area (Å²) in [5, 5.41) is 16.0. The highest BCUT2D eigenvalue weighted by atomic mass is 35.5. The summed E-state index contributed by atoms with van der Waals surface area (Å²) in [5.41, 5.74) is 2.90. The van der Waals surface area contributed by atoms with Crippen molar-refractivity contribution in [2.24, 2.45) is 0 Å². The zero-order valence-corrected chi connectivity index (χ0v) is 14.8. The summed E-state index contributed by atoms with van der Waals surface area (Å²) in [6, 6.07) is 19.6. The minimum atomic E-state index is 0.155. The maximum Gasteiger partial charge on any atom is 0.117 e. The lowest BCUT2D eigenvalue weighted by Gasteiger charge is -2.13. The van der Waals surface area contributed by atoms with Crippen LogP contribution >= 0.6 is 11.6 Å². The van der Waals surface area contributed by atoms with Gasteiger partial charge in [0.05, 0.1) is 23.2 Å². The molecule has 0 bridgehead atoms. The molecular formula is C21H18ClN3O. The van der Waals surface area contributed by atoms with Gasteiger partial charge in [-0.2, -0.15) is 0 Å². The molecule has 1 aromatic heterocycles. The summed E-state index contributed by atoms with van der Waals surface area (Å²) >= 11 is 6.27. The van der Waals surface area contributed by atoms with E-state index in [2.05, 4.69) is 45.2 Å². The molecule has 0 saturated heterocycles. The number of fused-ring (bicyclic) bond motifs is 1. The predicted molar refractivity (Wildman–Crippen MR) is 107 cm³/mol. The third kappa shape index (κ3) is 3.24. The first-order valence-corrected chi connectivity index (χ1v) is 8.81. The lowest BCUT2D eigenvalue weighted by Crippen LogP contribution is -2.11. The van der Waals surface area contributed by atoms with Crippen LogP contribution in [0.5, 0.6) is 5.75 Å². The fraction of sp³-hybridized carbons (Fsp3) is 0.0952. The maximum atomic E-state index is 9.54. The van der Waals surface area contributed by atoms with Crippen LogP contribution in [-0.2, 0) is 6.54 Å². The predicted octanol–water partition coefficient (Wildman–Crippen LogP) is 5.17. The van der Waals surface area contributed by atoms with E-state index in [4.69, 9.17) is 11.6 Å². The lowest BCUT2D eigenvalue weighted by molar-refractivity contribution is 0.475. The number of anilines is 1. The van der Waals surface area contributed by atoms with Gasteiger partial charge in [-0.25, -0.2) is 4.98 Å². The van der Waals surface area contributed by atoms with Gasteiger partial charge < -0.3 is 15.0 Å². The van der Waals surface area contributed by atoms with Crippen LogP contribution in [0.2, 0.25) is 5.02 Å². The van der Waals surface area contributed by atoms with E-state index in [1.807, 2.05) is 18.2 Å². The Morgan fingerprint density at radius 3 is 2.77 bits per heavy atom. The molecule has 1 heterocycles. The molecule has 0 amide bonds. The summed E-state index contributed by atoms with van der Waals surface area (Å²) in [4.78, 5) is 4.25. The normalized spacial score (nSPS) is 11.0. The molecule has 130 valence electrons. The summed E-state index contributed by atoms with van der Waals surface area (Å²) in [6.45, 7) is 1.50. The van der Waals surface area contributed by atoms with Gasteiger partial charge in [0.1, 0.15) is 5.75 Å². The highest BCUT2D eigenvalue weighted by Gasteiger charge is 2.10.